The first kappa shape index (κ1) is 22.0. The number of likely N-dealkylation sites (tertiary alicyclic amines) is 1. The van der Waals surface area contributed by atoms with Crippen LogP contribution in [0.5, 0.6) is 5.75 Å². The minimum absolute atomic E-state index is 0.243. The summed E-state index contributed by atoms with van der Waals surface area (Å²) < 4.78 is 19.5. The van der Waals surface area contributed by atoms with Gasteiger partial charge in [-0.2, -0.15) is 0 Å². The van der Waals surface area contributed by atoms with Crippen LogP contribution >= 0.6 is 0 Å². The number of benzene rings is 1. The minimum atomic E-state index is -0.252. The van der Waals surface area contributed by atoms with E-state index >= 15 is 0 Å². The van der Waals surface area contributed by atoms with Gasteiger partial charge in [0.15, 0.2) is 0 Å². The first-order chi connectivity index (χ1) is 14.2. The van der Waals surface area contributed by atoms with E-state index in [0.29, 0.717) is 42.4 Å². The fourth-order valence-corrected chi connectivity index (χ4v) is 4.95. The normalized spacial score (nSPS) is 23.8. The molecule has 0 radical (unpaired) electrons. The molecule has 6 heteroatoms. The van der Waals surface area contributed by atoms with Gasteiger partial charge in [-0.15, -0.1) is 0 Å². The molecule has 4 rings (SSSR count). The number of ether oxygens (including phenoxy) is 1. The summed E-state index contributed by atoms with van der Waals surface area (Å²) >= 11 is 0. The molecule has 0 aromatic heterocycles. The van der Waals surface area contributed by atoms with Gasteiger partial charge in [-0.1, -0.05) is 18.9 Å². The van der Waals surface area contributed by atoms with Crippen LogP contribution in [0, 0.1) is 11.7 Å². The molecule has 2 aliphatic carbocycles. The number of amides is 1. The van der Waals surface area contributed by atoms with Gasteiger partial charge in [-0.05, 0) is 57.6 Å². The SMILES string of the molecule is CN.COc1ccc(CN(CC(=O)N2CCCC3CCCCC32)C2CC2)c(F)c1. The summed E-state index contributed by atoms with van der Waals surface area (Å²) in [6.45, 7) is 1.81. The van der Waals surface area contributed by atoms with Crippen LogP contribution in [0.4, 0.5) is 4.39 Å². The van der Waals surface area contributed by atoms with E-state index in [2.05, 4.69) is 15.5 Å². The van der Waals surface area contributed by atoms with Crippen LogP contribution in [0.25, 0.3) is 0 Å². The summed E-state index contributed by atoms with van der Waals surface area (Å²) in [5.74, 6) is 1.22. The molecular weight excluding hydrogens is 369 g/mol. The van der Waals surface area contributed by atoms with Gasteiger partial charge in [-0.3, -0.25) is 9.69 Å². The summed E-state index contributed by atoms with van der Waals surface area (Å²) in [5.41, 5.74) is 5.14. The van der Waals surface area contributed by atoms with Crippen LogP contribution in [0.3, 0.4) is 0 Å². The summed E-state index contributed by atoms with van der Waals surface area (Å²) in [4.78, 5) is 17.5. The van der Waals surface area contributed by atoms with E-state index in [1.54, 1.807) is 19.2 Å². The Bertz CT molecular complexity index is 678. The molecule has 1 heterocycles. The van der Waals surface area contributed by atoms with E-state index in [-0.39, 0.29) is 11.7 Å². The Hall–Kier alpha value is -1.66. The number of carbonyl (C=O) groups excluding carboxylic acids is 1. The second-order valence-corrected chi connectivity index (χ2v) is 8.43. The van der Waals surface area contributed by atoms with Gasteiger partial charge in [0.25, 0.3) is 0 Å². The highest BCUT2D eigenvalue weighted by atomic mass is 19.1. The number of piperidine rings is 1. The molecule has 1 aliphatic heterocycles. The lowest BCUT2D eigenvalue weighted by molar-refractivity contribution is -0.139. The molecule has 0 spiro atoms. The zero-order valence-electron chi connectivity index (χ0n) is 17.9. The van der Waals surface area contributed by atoms with Gasteiger partial charge < -0.3 is 15.4 Å². The van der Waals surface area contributed by atoms with Crippen LogP contribution in [-0.2, 0) is 11.3 Å². The van der Waals surface area contributed by atoms with Gasteiger partial charge in [0.05, 0.1) is 13.7 Å². The quantitative estimate of drug-likeness (QED) is 0.786. The first-order valence-corrected chi connectivity index (χ1v) is 11.1. The van der Waals surface area contributed by atoms with Crippen LogP contribution in [-0.4, -0.2) is 55.0 Å². The Morgan fingerprint density at radius 1 is 1.17 bits per heavy atom. The molecule has 2 atom stereocenters. The third-order valence-corrected chi connectivity index (χ3v) is 6.60. The molecule has 3 fully saturated rings. The number of fused-ring (bicyclic) bond motifs is 1. The number of hydrogen-bond donors (Lipinski definition) is 1. The monoisotopic (exact) mass is 405 g/mol. The van der Waals surface area contributed by atoms with E-state index < -0.39 is 0 Å². The number of halogens is 1. The fourth-order valence-electron chi connectivity index (χ4n) is 4.95. The number of nitrogens with two attached hydrogens (primary N) is 1. The molecule has 29 heavy (non-hydrogen) atoms. The van der Waals surface area contributed by atoms with Crippen LogP contribution in [0.1, 0.15) is 56.9 Å². The maximum absolute atomic E-state index is 14.4. The molecule has 1 saturated heterocycles. The highest BCUT2D eigenvalue weighted by Gasteiger charge is 2.38. The van der Waals surface area contributed by atoms with Crippen molar-refractivity contribution in [2.45, 2.75) is 70.0 Å². The van der Waals surface area contributed by atoms with E-state index in [9.17, 15) is 9.18 Å². The molecule has 162 valence electrons. The summed E-state index contributed by atoms with van der Waals surface area (Å²) in [6.07, 6.45) is 9.61. The van der Waals surface area contributed by atoms with Gasteiger partial charge >= 0.3 is 0 Å². The van der Waals surface area contributed by atoms with Crippen molar-refractivity contribution in [3.8, 4) is 5.75 Å². The average molecular weight is 406 g/mol. The maximum Gasteiger partial charge on any atom is 0.237 e. The third-order valence-electron chi connectivity index (χ3n) is 6.60. The van der Waals surface area contributed by atoms with Gasteiger partial charge in [-0.25, -0.2) is 4.39 Å². The number of methoxy groups -OCH3 is 1. The Morgan fingerprint density at radius 2 is 1.90 bits per heavy atom. The molecular formula is C23H36FN3O2. The Kier molecular flexibility index (Phi) is 7.90. The number of nitrogens with zero attached hydrogens (tertiary/aromatic N) is 2. The van der Waals surface area contributed by atoms with Crippen LogP contribution < -0.4 is 10.5 Å². The van der Waals surface area contributed by atoms with Crippen molar-refractivity contribution in [3.63, 3.8) is 0 Å². The van der Waals surface area contributed by atoms with Gasteiger partial charge in [0.2, 0.25) is 5.91 Å². The lowest BCUT2D eigenvalue weighted by Crippen LogP contribution is -2.52. The molecule has 2 N–H and O–H groups in total. The lowest BCUT2D eigenvalue weighted by Gasteiger charge is -2.44. The molecule has 0 bridgehead atoms. The zero-order chi connectivity index (χ0) is 20.8. The van der Waals surface area contributed by atoms with Crippen molar-refractivity contribution >= 4 is 5.91 Å². The molecule has 1 amide bonds. The standard InChI is InChI=1S/C22H31FN2O2.CH5N/c1-27-19-11-8-17(20(23)13-19)14-24(18-9-10-18)15-22(26)25-12-4-6-16-5-2-3-7-21(16)25;1-2/h8,11,13,16,18,21H,2-7,9-10,12,14-15H2,1H3;2H2,1H3. The summed E-state index contributed by atoms with van der Waals surface area (Å²) in [6, 6.07) is 5.87. The van der Waals surface area contributed by atoms with Crippen molar-refractivity contribution < 1.29 is 13.9 Å². The average Bonchev–Trinajstić information content (AvgIpc) is 3.61. The fraction of sp³-hybridized carbons (Fsp3) is 0.696. The molecule has 2 unspecified atom stereocenters. The lowest BCUT2D eigenvalue weighted by atomic mass is 9.78. The Morgan fingerprint density at radius 3 is 2.59 bits per heavy atom. The predicted octanol–water partition coefficient (Wildman–Crippen LogP) is 3.55. The molecule has 1 aromatic rings. The van der Waals surface area contributed by atoms with Gasteiger partial charge in [0.1, 0.15) is 11.6 Å². The topological polar surface area (TPSA) is 58.8 Å². The smallest absolute Gasteiger partial charge is 0.237 e. The van der Waals surface area contributed by atoms with Crippen LogP contribution in [0.2, 0.25) is 0 Å². The highest BCUT2D eigenvalue weighted by Crippen LogP contribution is 2.36. The summed E-state index contributed by atoms with van der Waals surface area (Å²) in [7, 11) is 3.04. The predicted molar refractivity (Wildman–Crippen MR) is 113 cm³/mol. The van der Waals surface area contributed by atoms with E-state index in [1.165, 1.54) is 38.8 Å². The summed E-state index contributed by atoms with van der Waals surface area (Å²) in [5, 5.41) is 0. The number of carbonyl (C=O) groups is 1. The third kappa shape index (κ3) is 5.48. The highest BCUT2D eigenvalue weighted by molar-refractivity contribution is 5.79. The van der Waals surface area contributed by atoms with Crippen molar-refractivity contribution in [3.05, 3.63) is 29.6 Å². The van der Waals surface area contributed by atoms with E-state index in [1.807, 2.05) is 0 Å². The number of rotatable bonds is 6. The molecule has 3 aliphatic rings. The van der Waals surface area contributed by atoms with Crippen molar-refractivity contribution in [1.29, 1.82) is 0 Å². The first-order valence-electron chi connectivity index (χ1n) is 11.1. The Balaban J connectivity index is 0.00000117. The zero-order valence-corrected chi connectivity index (χ0v) is 17.9. The molecule has 5 nitrogen and oxygen atoms in total. The molecule has 1 aromatic carbocycles. The minimum Gasteiger partial charge on any atom is -0.497 e. The molecule has 2 saturated carbocycles. The maximum atomic E-state index is 14.4. The second-order valence-electron chi connectivity index (χ2n) is 8.43. The van der Waals surface area contributed by atoms with Crippen LogP contribution in [0.15, 0.2) is 18.2 Å². The Labute approximate surface area is 174 Å². The van der Waals surface area contributed by atoms with Gasteiger partial charge in [0, 0.05) is 36.8 Å². The van der Waals surface area contributed by atoms with E-state index in [4.69, 9.17) is 4.74 Å². The van der Waals surface area contributed by atoms with Crippen molar-refractivity contribution in [2.24, 2.45) is 11.7 Å². The van der Waals surface area contributed by atoms with Crippen molar-refractivity contribution in [1.82, 2.24) is 9.80 Å². The number of hydrogen-bond acceptors (Lipinski definition) is 4. The van der Waals surface area contributed by atoms with E-state index in [0.717, 1.165) is 32.2 Å². The second kappa shape index (κ2) is 10.4. The largest absolute Gasteiger partial charge is 0.497 e. The van der Waals surface area contributed by atoms with Crippen molar-refractivity contribution in [2.75, 3.05) is 27.2 Å².